The highest BCUT2D eigenvalue weighted by Crippen LogP contribution is 2.21. The zero-order chi connectivity index (χ0) is 24.8. The van der Waals surface area contributed by atoms with Gasteiger partial charge in [0.05, 0.1) is 25.7 Å². The largest absolute Gasteiger partial charge is 0.491 e. The molecule has 0 aliphatic heterocycles. The maximum Gasteiger partial charge on any atom is 0.332 e. The van der Waals surface area contributed by atoms with Crippen LogP contribution in [0, 0.1) is 5.92 Å². The summed E-state index contributed by atoms with van der Waals surface area (Å²) >= 11 is 6.00. The number of rotatable bonds is 9. The van der Waals surface area contributed by atoms with Crippen LogP contribution in [-0.2, 0) is 22.6 Å². The van der Waals surface area contributed by atoms with E-state index < -0.39 is 23.1 Å². The van der Waals surface area contributed by atoms with Crippen LogP contribution in [0.5, 0.6) is 5.75 Å². The van der Waals surface area contributed by atoms with Gasteiger partial charge in [-0.2, -0.15) is 0 Å². The van der Waals surface area contributed by atoms with Crippen LogP contribution < -0.4 is 21.3 Å². The minimum atomic E-state index is -0.660. The zero-order valence-corrected chi connectivity index (χ0v) is 20.3. The molecular weight excluding hydrogens is 458 g/mol. The van der Waals surface area contributed by atoms with Crippen molar-refractivity contribution in [2.24, 2.45) is 5.92 Å². The van der Waals surface area contributed by atoms with Gasteiger partial charge in [0.25, 0.3) is 5.56 Å². The molecule has 180 valence electrons. The number of hydrogen-bond acceptors (Lipinski definition) is 6. The van der Waals surface area contributed by atoms with E-state index in [1.165, 1.54) is 17.7 Å². The predicted molar refractivity (Wildman–Crippen MR) is 132 cm³/mol. The predicted octanol–water partition coefficient (Wildman–Crippen LogP) is 4.05. The highest BCUT2D eigenvalue weighted by atomic mass is 35.5. The maximum atomic E-state index is 13.4. The van der Waals surface area contributed by atoms with Crippen LogP contribution in [0.1, 0.15) is 26.3 Å². The summed E-state index contributed by atoms with van der Waals surface area (Å²) in [7, 11) is 1.27. The van der Waals surface area contributed by atoms with Crippen LogP contribution in [-0.4, -0.2) is 28.3 Å². The molecule has 3 rings (SSSR count). The molecule has 0 unspecified atom stereocenters. The Kier molecular flexibility index (Phi) is 8.17. The van der Waals surface area contributed by atoms with E-state index in [1.54, 1.807) is 31.2 Å². The van der Waals surface area contributed by atoms with Crippen molar-refractivity contribution in [3.8, 4) is 5.75 Å². The Bertz CT molecular complexity index is 1250. The second kappa shape index (κ2) is 11.1. The normalized spacial score (nSPS) is 11.8. The first-order valence-corrected chi connectivity index (χ1v) is 11.3. The van der Waals surface area contributed by atoms with Crippen molar-refractivity contribution in [3.63, 3.8) is 0 Å². The molecule has 0 spiro atoms. The summed E-state index contributed by atoms with van der Waals surface area (Å²) in [6.45, 7) is 5.59. The molecule has 0 fully saturated rings. The van der Waals surface area contributed by atoms with Gasteiger partial charge in [0.2, 0.25) is 0 Å². The topological polar surface area (TPSA) is 91.6 Å². The average molecular weight is 486 g/mol. The molecule has 3 aromatic rings. The Morgan fingerprint density at radius 3 is 2.24 bits per heavy atom. The first kappa shape index (κ1) is 25.1. The van der Waals surface area contributed by atoms with E-state index in [1.807, 2.05) is 38.1 Å². The van der Waals surface area contributed by atoms with Gasteiger partial charge in [0, 0.05) is 23.3 Å². The van der Waals surface area contributed by atoms with Crippen LogP contribution in [0.4, 0.5) is 11.5 Å². The van der Waals surface area contributed by atoms with Gasteiger partial charge >= 0.3 is 11.7 Å². The van der Waals surface area contributed by atoms with Gasteiger partial charge < -0.3 is 14.8 Å². The number of esters is 1. The third kappa shape index (κ3) is 6.29. The minimum absolute atomic E-state index is 0.0448. The number of anilines is 2. The number of carbonyl (C=O) groups is 1. The van der Waals surface area contributed by atoms with Crippen molar-refractivity contribution < 1.29 is 14.3 Å². The van der Waals surface area contributed by atoms with E-state index in [0.29, 0.717) is 22.3 Å². The summed E-state index contributed by atoms with van der Waals surface area (Å²) in [5.41, 5.74) is 0.442. The molecule has 0 saturated carbocycles. The Balaban J connectivity index is 2.01. The zero-order valence-electron chi connectivity index (χ0n) is 19.6. The average Bonchev–Trinajstić information content (AvgIpc) is 2.80. The van der Waals surface area contributed by atoms with E-state index in [2.05, 4.69) is 5.32 Å². The summed E-state index contributed by atoms with van der Waals surface area (Å²) in [4.78, 5) is 38.1. The number of carbonyl (C=O) groups excluding carboxylic acids is 1. The van der Waals surface area contributed by atoms with Gasteiger partial charge in [0.1, 0.15) is 11.6 Å². The second-order valence-corrected chi connectivity index (χ2v) is 8.65. The molecule has 0 radical (unpaired) electrons. The lowest BCUT2D eigenvalue weighted by Crippen LogP contribution is -2.42. The molecule has 9 heteroatoms. The molecule has 8 nitrogen and oxygen atoms in total. The number of hydrogen-bond donors (Lipinski definition) is 1. The molecule has 1 heterocycles. The summed E-state index contributed by atoms with van der Waals surface area (Å²) in [5, 5.41) is 3.74. The van der Waals surface area contributed by atoms with E-state index in [9.17, 15) is 14.4 Å². The van der Waals surface area contributed by atoms with Crippen LogP contribution in [0.25, 0.3) is 0 Å². The highest BCUT2D eigenvalue weighted by Gasteiger charge is 2.19. The molecule has 2 aromatic carbocycles. The lowest BCUT2D eigenvalue weighted by atomic mass is 10.2. The van der Waals surface area contributed by atoms with Gasteiger partial charge in [-0.25, -0.2) is 4.79 Å². The molecule has 0 amide bonds. The Labute approximate surface area is 202 Å². The van der Waals surface area contributed by atoms with Crippen molar-refractivity contribution in [3.05, 3.63) is 86.0 Å². The molecule has 0 saturated heterocycles. The Morgan fingerprint density at radius 1 is 1.00 bits per heavy atom. The van der Waals surface area contributed by atoms with Crippen LogP contribution >= 0.6 is 11.6 Å². The monoisotopic (exact) mass is 485 g/mol. The van der Waals surface area contributed by atoms with Crippen molar-refractivity contribution in [1.82, 2.24) is 9.13 Å². The summed E-state index contributed by atoms with van der Waals surface area (Å²) in [5.74, 6) is -0.121. The number of methoxy groups -OCH3 is 1. The van der Waals surface area contributed by atoms with Crippen molar-refractivity contribution in [2.45, 2.75) is 40.0 Å². The highest BCUT2D eigenvalue weighted by molar-refractivity contribution is 6.30. The summed E-state index contributed by atoms with van der Waals surface area (Å²) < 4.78 is 12.9. The van der Waals surface area contributed by atoms with Crippen LogP contribution in [0.2, 0.25) is 5.02 Å². The fourth-order valence-corrected chi connectivity index (χ4v) is 3.53. The molecular formula is C25H28ClN3O5. The summed E-state index contributed by atoms with van der Waals surface area (Å²) in [6.07, 6.45) is 0.0448. The minimum Gasteiger partial charge on any atom is -0.491 e. The molecule has 1 N–H and O–H groups in total. The number of nitrogens with zero attached hydrogens (tertiary/aromatic N) is 2. The number of nitrogens with one attached hydrogen (secondary N) is 1. The lowest BCUT2D eigenvalue weighted by molar-refractivity contribution is -0.145. The van der Waals surface area contributed by atoms with Crippen molar-refractivity contribution in [1.29, 1.82) is 0 Å². The van der Waals surface area contributed by atoms with E-state index >= 15 is 0 Å². The number of ether oxygens (including phenoxy) is 2. The Morgan fingerprint density at radius 2 is 1.65 bits per heavy atom. The van der Waals surface area contributed by atoms with Crippen molar-refractivity contribution in [2.75, 3.05) is 12.4 Å². The molecule has 0 aliphatic rings. The summed E-state index contributed by atoms with van der Waals surface area (Å²) in [6, 6.07) is 15.7. The quantitative estimate of drug-likeness (QED) is 0.460. The molecule has 0 bridgehead atoms. The van der Waals surface area contributed by atoms with Gasteiger partial charge in [-0.1, -0.05) is 30.7 Å². The van der Waals surface area contributed by atoms with Gasteiger partial charge in [0.15, 0.2) is 0 Å². The SMILES string of the molecule is COC(=O)[C@@H](C)Cn1c(=O)cc(Nc2ccc(OC(C)C)cc2)n(Cc2ccc(Cl)cc2)c1=O. The van der Waals surface area contributed by atoms with Crippen molar-refractivity contribution >= 4 is 29.1 Å². The van der Waals surface area contributed by atoms with Crippen LogP contribution in [0.3, 0.4) is 0 Å². The number of benzene rings is 2. The van der Waals surface area contributed by atoms with E-state index in [-0.39, 0.29) is 19.2 Å². The van der Waals surface area contributed by atoms with Gasteiger partial charge in [-0.05, 0) is 55.8 Å². The van der Waals surface area contributed by atoms with Crippen LogP contribution in [0.15, 0.2) is 64.2 Å². The maximum absolute atomic E-state index is 13.4. The standard InChI is InChI=1S/C25H28ClN3O5/c1-16(2)34-21-11-9-20(10-12-21)27-22-13-23(30)29(14-17(3)24(31)33-4)25(32)28(22)15-18-5-7-19(26)8-6-18/h5-13,16-17,27H,14-15H2,1-4H3/t17-/m0/s1. The first-order chi connectivity index (χ1) is 16.2. The van der Waals surface area contributed by atoms with Gasteiger partial charge in [-0.3, -0.25) is 18.7 Å². The number of halogens is 1. The van der Waals surface area contributed by atoms with E-state index in [0.717, 1.165) is 10.1 Å². The Hall–Kier alpha value is -3.52. The molecule has 0 aliphatic carbocycles. The lowest BCUT2D eigenvalue weighted by Gasteiger charge is -2.18. The third-order valence-corrected chi connectivity index (χ3v) is 5.34. The van der Waals surface area contributed by atoms with E-state index in [4.69, 9.17) is 21.1 Å². The first-order valence-electron chi connectivity index (χ1n) is 10.9. The fourth-order valence-electron chi connectivity index (χ4n) is 3.40. The second-order valence-electron chi connectivity index (χ2n) is 8.21. The van der Waals surface area contributed by atoms with Gasteiger partial charge in [-0.15, -0.1) is 0 Å². The smallest absolute Gasteiger partial charge is 0.332 e. The third-order valence-electron chi connectivity index (χ3n) is 5.09. The molecule has 1 atom stereocenters. The fraction of sp³-hybridized carbons (Fsp3) is 0.320. The number of aromatic nitrogens is 2. The molecule has 1 aromatic heterocycles. The molecule has 34 heavy (non-hydrogen) atoms.